The highest BCUT2D eigenvalue weighted by Crippen LogP contribution is 2.23. The van der Waals surface area contributed by atoms with Crippen molar-refractivity contribution in [2.75, 3.05) is 0 Å². The molecule has 1 aromatic rings. The summed E-state index contributed by atoms with van der Waals surface area (Å²) < 4.78 is 24.1. The maximum Gasteiger partial charge on any atom is 0.240 e. The maximum absolute atomic E-state index is 12.0. The smallest absolute Gasteiger partial charge is 0.240 e. The third-order valence-electron chi connectivity index (χ3n) is 2.06. The van der Waals surface area contributed by atoms with Crippen LogP contribution in [0.25, 0.3) is 0 Å². The fourth-order valence-electron chi connectivity index (χ4n) is 1.17. The van der Waals surface area contributed by atoms with Crippen LogP contribution in [0.15, 0.2) is 18.2 Å². The molecule has 0 spiro atoms. The molecule has 0 radical (unpaired) electrons. The molecule has 2 N–H and O–H groups in total. The first-order valence-electron chi connectivity index (χ1n) is 4.30. The number of halogens is 4. The zero-order chi connectivity index (χ0) is 10.7. The lowest BCUT2D eigenvalue weighted by molar-refractivity contribution is 0.128. The summed E-state index contributed by atoms with van der Waals surface area (Å²) in [4.78, 5) is 0. The van der Waals surface area contributed by atoms with Gasteiger partial charge in [0, 0.05) is 17.5 Å². The fourth-order valence-corrected chi connectivity index (χ4v) is 1.36. The van der Waals surface area contributed by atoms with Crippen molar-refractivity contribution in [3.8, 4) is 0 Å². The Morgan fingerprint density at radius 3 is 2.47 bits per heavy atom. The van der Waals surface area contributed by atoms with E-state index in [1.807, 2.05) is 6.92 Å². The average Bonchev–Trinajstić information content (AvgIpc) is 2.08. The topological polar surface area (TPSA) is 26.0 Å². The van der Waals surface area contributed by atoms with Crippen LogP contribution in [0.1, 0.15) is 23.6 Å². The van der Waals surface area contributed by atoms with E-state index >= 15 is 0 Å². The van der Waals surface area contributed by atoms with Crippen molar-refractivity contribution in [3.63, 3.8) is 0 Å². The Labute approximate surface area is 99.0 Å². The lowest BCUT2D eigenvalue weighted by Gasteiger charge is -2.12. The molecule has 0 aliphatic carbocycles. The molecular weight excluding hydrogens is 243 g/mol. The molecule has 0 amide bonds. The number of aryl methyl sites for hydroxylation is 1. The molecule has 0 bridgehead atoms. The van der Waals surface area contributed by atoms with Crippen molar-refractivity contribution in [3.05, 3.63) is 34.3 Å². The molecule has 1 rings (SSSR count). The Morgan fingerprint density at radius 1 is 1.40 bits per heavy atom. The zero-order valence-electron chi connectivity index (χ0n) is 8.21. The number of rotatable bonds is 3. The van der Waals surface area contributed by atoms with Gasteiger partial charge < -0.3 is 5.73 Å². The van der Waals surface area contributed by atoms with E-state index in [-0.39, 0.29) is 18.8 Å². The van der Waals surface area contributed by atoms with E-state index < -0.39 is 12.5 Å². The second-order valence-corrected chi connectivity index (χ2v) is 3.65. The van der Waals surface area contributed by atoms with Crippen molar-refractivity contribution < 1.29 is 8.78 Å². The number of nitrogens with two attached hydrogens (primary N) is 1. The summed E-state index contributed by atoms with van der Waals surface area (Å²) in [5.74, 6) is 0. The number of benzene rings is 1. The molecule has 0 unspecified atom stereocenters. The highest BCUT2D eigenvalue weighted by atomic mass is 35.5. The Kier molecular flexibility index (Phi) is 6.10. The summed E-state index contributed by atoms with van der Waals surface area (Å²) in [6.07, 6.45) is -2.72. The molecule has 15 heavy (non-hydrogen) atoms. The molecule has 1 aromatic carbocycles. The quantitative estimate of drug-likeness (QED) is 0.876. The number of alkyl halides is 2. The molecule has 0 aliphatic heterocycles. The van der Waals surface area contributed by atoms with Crippen LogP contribution < -0.4 is 5.73 Å². The molecule has 0 heterocycles. The number of hydrogen-bond donors (Lipinski definition) is 1. The van der Waals surface area contributed by atoms with Gasteiger partial charge in [-0.25, -0.2) is 8.78 Å². The summed E-state index contributed by atoms with van der Waals surface area (Å²) in [7, 11) is 0. The first-order chi connectivity index (χ1) is 6.50. The van der Waals surface area contributed by atoms with Crippen LogP contribution in [0.4, 0.5) is 8.78 Å². The molecular formula is C10H13Cl2F2N. The van der Waals surface area contributed by atoms with Gasteiger partial charge in [-0.15, -0.1) is 12.4 Å². The molecule has 0 saturated heterocycles. The summed E-state index contributed by atoms with van der Waals surface area (Å²) in [6.45, 7) is 1.85. The van der Waals surface area contributed by atoms with Gasteiger partial charge in [-0.05, 0) is 24.1 Å². The monoisotopic (exact) mass is 255 g/mol. The lowest BCUT2D eigenvalue weighted by Crippen LogP contribution is -2.13. The minimum Gasteiger partial charge on any atom is -0.324 e. The van der Waals surface area contributed by atoms with Crippen LogP contribution in [-0.4, -0.2) is 6.43 Å². The molecule has 0 fully saturated rings. The molecule has 0 aromatic heterocycles. The zero-order valence-corrected chi connectivity index (χ0v) is 9.79. The predicted octanol–water partition coefficient (Wildman–Crippen LogP) is 3.73. The lowest BCUT2D eigenvalue weighted by atomic mass is 10.0. The summed E-state index contributed by atoms with van der Waals surface area (Å²) >= 11 is 5.85. The average molecular weight is 256 g/mol. The summed E-state index contributed by atoms with van der Waals surface area (Å²) in [5, 5.41) is 0.562. The van der Waals surface area contributed by atoms with Crippen LogP contribution in [-0.2, 0) is 0 Å². The van der Waals surface area contributed by atoms with Gasteiger partial charge in [0.05, 0.1) is 0 Å². The van der Waals surface area contributed by atoms with Gasteiger partial charge in [0.2, 0.25) is 6.43 Å². The Bertz CT molecular complexity index is 318. The van der Waals surface area contributed by atoms with Crippen molar-refractivity contribution in [1.82, 2.24) is 0 Å². The first kappa shape index (κ1) is 14.6. The third-order valence-corrected chi connectivity index (χ3v) is 2.46. The van der Waals surface area contributed by atoms with Gasteiger partial charge in [0.15, 0.2) is 0 Å². The highest BCUT2D eigenvalue weighted by molar-refractivity contribution is 6.31. The Morgan fingerprint density at radius 2 is 2.00 bits per heavy atom. The molecule has 1 nitrogen and oxygen atoms in total. The summed E-state index contributed by atoms with van der Waals surface area (Å²) in [6, 6.07) is 4.51. The Balaban J connectivity index is 0.00000196. The maximum atomic E-state index is 12.0. The molecule has 0 saturated carbocycles. The number of hydrogen-bond acceptors (Lipinski definition) is 1. The van der Waals surface area contributed by atoms with Gasteiger partial charge in [0.25, 0.3) is 0 Å². The van der Waals surface area contributed by atoms with Gasteiger partial charge in [-0.3, -0.25) is 0 Å². The van der Waals surface area contributed by atoms with Crippen LogP contribution in [0.3, 0.4) is 0 Å². The standard InChI is InChI=1S/C10H12ClF2N.ClH/c1-6-2-3-7(4-8(6)11)9(14)5-10(12)13;/h2-4,9-10H,5,14H2,1H3;1H/t9-;/m0./s1. The second-order valence-electron chi connectivity index (χ2n) is 3.24. The van der Waals surface area contributed by atoms with Crippen molar-refractivity contribution >= 4 is 24.0 Å². The van der Waals surface area contributed by atoms with Crippen molar-refractivity contribution in [2.45, 2.75) is 25.8 Å². The van der Waals surface area contributed by atoms with Gasteiger partial charge in [-0.1, -0.05) is 23.7 Å². The van der Waals surface area contributed by atoms with E-state index in [2.05, 4.69) is 0 Å². The van der Waals surface area contributed by atoms with E-state index in [0.717, 1.165) is 5.56 Å². The van der Waals surface area contributed by atoms with Gasteiger partial charge in [0.1, 0.15) is 0 Å². The summed E-state index contributed by atoms with van der Waals surface area (Å²) in [5.41, 5.74) is 7.15. The first-order valence-corrected chi connectivity index (χ1v) is 4.68. The highest BCUT2D eigenvalue weighted by Gasteiger charge is 2.13. The molecule has 86 valence electrons. The van der Waals surface area contributed by atoms with E-state index in [1.54, 1.807) is 18.2 Å². The normalized spacial score (nSPS) is 12.4. The van der Waals surface area contributed by atoms with Crippen molar-refractivity contribution in [2.24, 2.45) is 5.73 Å². The Hall–Kier alpha value is -0.380. The second kappa shape index (κ2) is 6.26. The van der Waals surface area contributed by atoms with E-state index in [0.29, 0.717) is 10.6 Å². The van der Waals surface area contributed by atoms with Gasteiger partial charge >= 0.3 is 0 Å². The largest absolute Gasteiger partial charge is 0.324 e. The molecule has 1 atom stereocenters. The minimum absolute atomic E-state index is 0. The third kappa shape index (κ3) is 4.33. The molecule has 0 aliphatic rings. The molecule has 5 heteroatoms. The van der Waals surface area contributed by atoms with E-state index in [4.69, 9.17) is 17.3 Å². The SMILES string of the molecule is Cc1ccc([C@@H](N)CC(F)F)cc1Cl.Cl. The van der Waals surface area contributed by atoms with Crippen LogP contribution in [0.5, 0.6) is 0 Å². The fraction of sp³-hybridized carbons (Fsp3) is 0.400. The van der Waals surface area contributed by atoms with Crippen LogP contribution in [0, 0.1) is 6.92 Å². The minimum atomic E-state index is -2.38. The van der Waals surface area contributed by atoms with E-state index in [9.17, 15) is 8.78 Å². The van der Waals surface area contributed by atoms with Gasteiger partial charge in [-0.2, -0.15) is 0 Å². The van der Waals surface area contributed by atoms with Crippen LogP contribution in [0.2, 0.25) is 5.02 Å². The van der Waals surface area contributed by atoms with Crippen molar-refractivity contribution in [1.29, 1.82) is 0 Å². The van der Waals surface area contributed by atoms with E-state index in [1.165, 1.54) is 0 Å². The van der Waals surface area contributed by atoms with Crippen LogP contribution >= 0.6 is 24.0 Å². The predicted molar refractivity (Wildman–Crippen MR) is 61.0 cm³/mol.